The van der Waals surface area contributed by atoms with Crippen LogP contribution in [-0.2, 0) is 14.8 Å². The van der Waals surface area contributed by atoms with E-state index in [4.69, 9.17) is 0 Å². The van der Waals surface area contributed by atoms with E-state index in [-0.39, 0.29) is 10.5 Å². The molecule has 0 amide bonds. The molecule has 7 heteroatoms. The second-order valence-electron chi connectivity index (χ2n) is 5.36. The number of hydrogen-bond donors (Lipinski definition) is 1. The molecule has 0 aromatic heterocycles. The highest BCUT2D eigenvalue weighted by molar-refractivity contribution is 7.89. The SMILES string of the molecule is COC(=O)c1cc(S(=O)(=O)N[C@H](C)c2ccc(F)cc2)ccc1C. The van der Waals surface area contributed by atoms with E-state index in [2.05, 4.69) is 9.46 Å². The Bertz CT molecular complexity index is 847. The predicted octanol–water partition coefficient (Wildman–Crippen LogP) is 2.96. The highest BCUT2D eigenvalue weighted by Gasteiger charge is 2.21. The molecule has 0 unspecified atom stereocenters. The van der Waals surface area contributed by atoms with Crippen LogP contribution in [0.15, 0.2) is 47.4 Å². The third-order valence-corrected chi connectivity index (χ3v) is 5.16. The number of benzene rings is 2. The van der Waals surface area contributed by atoms with Crippen LogP contribution in [-0.4, -0.2) is 21.5 Å². The Labute approximate surface area is 140 Å². The van der Waals surface area contributed by atoms with Crippen LogP contribution in [0.1, 0.15) is 34.5 Å². The van der Waals surface area contributed by atoms with E-state index in [0.717, 1.165) is 0 Å². The number of halogens is 1. The quantitative estimate of drug-likeness (QED) is 0.841. The highest BCUT2D eigenvalue weighted by atomic mass is 32.2. The second kappa shape index (κ2) is 7.11. The molecule has 5 nitrogen and oxygen atoms in total. The van der Waals surface area contributed by atoms with E-state index in [9.17, 15) is 17.6 Å². The third-order valence-electron chi connectivity index (χ3n) is 3.63. The molecule has 0 bridgehead atoms. The molecule has 2 rings (SSSR count). The number of methoxy groups -OCH3 is 1. The number of carbonyl (C=O) groups is 1. The summed E-state index contributed by atoms with van der Waals surface area (Å²) in [6, 6.07) is 9.24. The molecule has 1 atom stereocenters. The van der Waals surface area contributed by atoms with Crippen molar-refractivity contribution in [3.63, 3.8) is 0 Å². The molecule has 0 radical (unpaired) electrons. The third kappa shape index (κ3) is 3.98. The molecule has 0 spiro atoms. The molecule has 24 heavy (non-hydrogen) atoms. The van der Waals surface area contributed by atoms with Crippen molar-refractivity contribution in [1.82, 2.24) is 4.72 Å². The van der Waals surface area contributed by atoms with E-state index in [1.165, 1.54) is 43.5 Å². The molecule has 2 aromatic carbocycles. The van der Waals surface area contributed by atoms with Crippen LogP contribution in [0.2, 0.25) is 0 Å². The smallest absolute Gasteiger partial charge is 0.338 e. The van der Waals surface area contributed by atoms with Gasteiger partial charge in [-0.15, -0.1) is 0 Å². The van der Waals surface area contributed by atoms with Gasteiger partial charge in [0.1, 0.15) is 5.82 Å². The number of aryl methyl sites for hydroxylation is 1. The fourth-order valence-corrected chi connectivity index (χ4v) is 3.48. The molecule has 0 aliphatic heterocycles. The minimum atomic E-state index is -3.85. The Morgan fingerprint density at radius 1 is 1.17 bits per heavy atom. The first-order chi connectivity index (χ1) is 11.2. The molecule has 0 heterocycles. The van der Waals surface area contributed by atoms with E-state index in [0.29, 0.717) is 11.1 Å². The topological polar surface area (TPSA) is 72.5 Å². The van der Waals surface area contributed by atoms with Crippen LogP contribution >= 0.6 is 0 Å². The maximum Gasteiger partial charge on any atom is 0.338 e. The van der Waals surface area contributed by atoms with Crippen LogP contribution < -0.4 is 4.72 Å². The molecule has 128 valence electrons. The highest BCUT2D eigenvalue weighted by Crippen LogP contribution is 2.20. The lowest BCUT2D eigenvalue weighted by atomic mass is 10.1. The average molecular weight is 351 g/mol. The number of sulfonamides is 1. The Morgan fingerprint density at radius 3 is 2.38 bits per heavy atom. The van der Waals surface area contributed by atoms with Gasteiger partial charge in [-0.25, -0.2) is 22.3 Å². The first kappa shape index (κ1) is 18.1. The Morgan fingerprint density at radius 2 is 1.79 bits per heavy atom. The predicted molar refractivity (Wildman–Crippen MR) is 87.7 cm³/mol. The maximum atomic E-state index is 13.0. The molecule has 0 saturated heterocycles. The minimum absolute atomic E-state index is 0.0394. The van der Waals surface area contributed by atoms with Crippen molar-refractivity contribution >= 4 is 16.0 Å². The van der Waals surface area contributed by atoms with Gasteiger partial charge in [-0.3, -0.25) is 0 Å². The summed E-state index contributed by atoms with van der Waals surface area (Å²) in [7, 11) is -2.62. The van der Waals surface area contributed by atoms with Gasteiger partial charge in [0.2, 0.25) is 10.0 Å². The van der Waals surface area contributed by atoms with E-state index < -0.39 is 27.9 Å². The van der Waals surface area contributed by atoms with Gasteiger partial charge < -0.3 is 4.74 Å². The summed E-state index contributed by atoms with van der Waals surface area (Å²) < 4.78 is 45.2. The fourth-order valence-electron chi connectivity index (χ4n) is 2.22. The van der Waals surface area contributed by atoms with Gasteiger partial charge in [-0.1, -0.05) is 18.2 Å². The number of rotatable bonds is 5. The average Bonchev–Trinajstić information content (AvgIpc) is 2.54. The van der Waals surface area contributed by atoms with Gasteiger partial charge in [0.15, 0.2) is 0 Å². The van der Waals surface area contributed by atoms with Gasteiger partial charge >= 0.3 is 5.97 Å². The van der Waals surface area contributed by atoms with E-state index >= 15 is 0 Å². The first-order valence-corrected chi connectivity index (χ1v) is 8.69. The number of hydrogen-bond acceptors (Lipinski definition) is 4. The van der Waals surface area contributed by atoms with Crippen LogP contribution in [0.3, 0.4) is 0 Å². The summed E-state index contributed by atoms with van der Waals surface area (Å²) in [6.07, 6.45) is 0. The van der Waals surface area contributed by atoms with Crippen molar-refractivity contribution < 1.29 is 22.3 Å². The summed E-state index contributed by atoms with van der Waals surface area (Å²) >= 11 is 0. The molecule has 1 N–H and O–H groups in total. The van der Waals surface area contributed by atoms with Gasteiger partial charge in [0, 0.05) is 6.04 Å². The van der Waals surface area contributed by atoms with Crippen molar-refractivity contribution in [1.29, 1.82) is 0 Å². The van der Waals surface area contributed by atoms with Crippen molar-refractivity contribution in [2.24, 2.45) is 0 Å². The molecule has 0 aliphatic rings. The van der Waals surface area contributed by atoms with E-state index in [1.54, 1.807) is 19.9 Å². The summed E-state index contributed by atoms with van der Waals surface area (Å²) in [6.45, 7) is 3.34. The number of carbonyl (C=O) groups excluding carboxylic acids is 1. The standard InChI is InChI=1S/C17H18FNO4S/c1-11-4-9-15(10-16(11)17(20)23-3)24(21,22)19-12(2)13-5-7-14(18)8-6-13/h4-10,12,19H,1-3H3/t12-/m1/s1. The summed E-state index contributed by atoms with van der Waals surface area (Å²) in [5, 5.41) is 0. The fraction of sp³-hybridized carbons (Fsp3) is 0.235. The zero-order valence-corrected chi connectivity index (χ0v) is 14.4. The zero-order valence-electron chi connectivity index (χ0n) is 13.5. The second-order valence-corrected chi connectivity index (χ2v) is 7.08. The number of ether oxygens (including phenoxy) is 1. The van der Waals surface area contributed by atoms with Gasteiger partial charge in [-0.05, 0) is 49.2 Å². The number of esters is 1. The molecule has 0 aliphatic carbocycles. The summed E-state index contributed by atoms with van der Waals surface area (Å²) in [5.41, 5.74) is 1.43. The van der Waals surface area contributed by atoms with Crippen LogP contribution in [0.25, 0.3) is 0 Å². The lowest BCUT2D eigenvalue weighted by Crippen LogP contribution is -2.27. The van der Waals surface area contributed by atoms with E-state index in [1.807, 2.05) is 0 Å². The zero-order chi connectivity index (χ0) is 17.9. The molecular formula is C17H18FNO4S. The van der Waals surface area contributed by atoms with Crippen LogP contribution in [0.4, 0.5) is 4.39 Å². The largest absolute Gasteiger partial charge is 0.465 e. The molecule has 0 saturated carbocycles. The van der Waals surface area contributed by atoms with Crippen LogP contribution in [0, 0.1) is 12.7 Å². The lowest BCUT2D eigenvalue weighted by Gasteiger charge is -2.15. The van der Waals surface area contributed by atoms with Gasteiger partial charge in [0.05, 0.1) is 17.6 Å². The Kier molecular flexibility index (Phi) is 5.36. The maximum absolute atomic E-state index is 13.0. The molecule has 0 fully saturated rings. The van der Waals surface area contributed by atoms with Crippen LogP contribution in [0.5, 0.6) is 0 Å². The normalized spacial score (nSPS) is 12.7. The van der Waals surface area contributed by atoms with Crippen molar-refractivity contribution in [3.05, 3.63) is 65.0 Å². The lowest BCUT2D eigenvalue weighted by molar-refractivity contribution is 0.0599. The number of nitrogens with one attached hydrogen (secondary N) is 1. The van der Waals surface area contributed by atoms with Gasteiger partial charge in [-0.2, -0.15) is 0 Å². The molecule has 2 aromatic rings. The molecular weight excluding hydrogens is 333 g/mol. The van der Waals surface area contributed by atoms with Crippen molar-refractivity contribution in [2.75, 3.05) is 7.11 Å². The Hall–Kier alpha value is -2.25. The first-order valence-electron chi connectivity index (χ1n) is 7.21. The summed E-state index contributed by atoms with van der Waals surface area (Å²) in [4.78, 5) is 11.7. The minimum Gasteiger partial charge on any atom is -0.465 e. The Balaban J connectivity index is 2.30. The van der Waals surface area contributed by atoms with Crippen molar-refractivity contribution in [3.8, 4) is 0 Å². The van der Waals surface area contributed by atoms with Crippen molar-refractivity contribution in [2.45, 2.75) is 24.8 Å². The van der Waals surface area contributed by atoms with Gasteiger partial charge in [0.25, 0.3) is 0 Å². The monoisotopic (exact) mass is 351 g/mol. The summed E-state index contributed by atoms with van der Waals surface area (Å²) in [5.74, 6) is -0.994.